The fourth-order valence-corrected chi connectivity index (χ4v) is 2.46. The first-order valence-corrected chi connectivity index (χ1v) is 5.75. The second-order valence-corrected chi connectivity index (χ2v) is 4.94. The average molecular weight is 200 g/mol. The Labute approximate surface area is 88.0 Å². The van der Waals surface area contributed by atoms with Gasteiger partial charge in [0.1, 0.15) is 6.79 Å². The van der Waals surface area contributed by atoms with E-state index in [1.165, 1.54) is 19.3 Å². The molecular formula is C12H24O2. The first-order valence-electron chi connectivity index (χ1n) is 5.75. The van der Waals surface area contributed by atoms with Crippen molar-refractivity contribution in [1.29, 1.82) is 0 Å². The molecule has 2 nitrogen and oxygen atoms in total. The summed E-state index contributed by atoms with van der Waals surface area (Å²) in [7, 11) is 1.69. The maximum absolute atomic E-state index is 5.75. The van der Waals surface area contributed by atoms with Crippen LogP contribution in [0.25, 0.3) is 0 Å². The van der Waals surface area contributed by atoms with Gasteiger partial charge in [0, 0.05) is 7.11 Å². The van der Waals surface area contributed by atoms with Crippen molar-refractivity contribution in [2.45, 2.75) is 46.1 Å². The minimum Gasteiger partial charge on any atom is -0.359 e. The van der Waals surface area contributed by atoms with E-state index in [1.807, 2.05) is 0 Å². The topological polar surface area (TPSA) is 18.5 Å². The minimum absolute atomic E-state index is 0.415. The molecule has 1 fully saturated rings. The lowest BCUT2D eigenvalue weighted by Gasteiger charge is -2.36. The van der Waals surface area contributed by atoms with Crippen LogP contribution in [0, 0.1) is 17.8 Å². The van der Waals surface area contributed by atoms with Gasteiger partial charge in [-0.1, -0.05) is 27.2 Å². The molecule has 1 aliphatic carbocycles. The smallest absolute Gasteiger partial charge is 0.146 e. The van der Waals surface area contributed by atoms with Gasteiger partial charge >= 0.3 is 0 Å². The van der Waals surface area contributed by atoms with Crippen molar-refractivity contribution in [3.63, 3.8) is 0 Å². The zero-order valence-corrected chi connectivity index (χ0v) is 9.95. The fourth-order valence-electron chi connectivity index (χ4n) is 2.46. The molecule has 0 heterocycles. The van der Waals surface area contributed by atoms with Gasteiger partial charge in [0.05, 0.1) is 6.10 Å². The van der Waals surface area contributed by atoms with E-state index < -0.39 is 0 Å². The van der Waals surface area contributed by atoms with Crippen LogP contribution in [0.2, 0.25) is 0 Å². The van der Waals surface area contributed by atoms with Gasteiger partial charge < -0.3 is 9.47 Å². The summed E-state index contributed by atoms with van der Waals surface area (Å²) < 4.78 is 10.7. The molecule has 0 aromatic rings. The van der Waals surface area contributed by atoms with Crippen molar-refractivity contribution >= 4 is 0 Å². The van der Waals surface area contributed by atoms with Crippen LogP contribution in [-0.2, 0) is 9.47 Å². The molecule has 0 aromatic carbocycles. The molecule has 0 N–H and O–H groups in total. The molecule has 0 bridgehead atoms. The summed E-state index contributed by atoms with van der Waals surface area (Å²) in [5.74, 6) is 2.26. The standard InChI is InChI=1S/C12H24O2/c1-9(2)11-6-5-10(3)7-12(11)14-8-13-4/h9-12H,5-8H2,1-4H3. The van der Waals surface area contributed by atoms with Crippen LogP contribution >= 0.6 is 0 Å². The van der Waals surface area contributed by atoms with Crippen LogP contribution < -0.4 is 0 Å². The first kappa shape index (κ1) is 12.0. The van der Waals surface area contributed by atoms with Crippen molar-refractivity contribution in [3.8, 4) is 0 Å². The van der Waals surface area contributed by atoms with Gasteiger partial charge in [-0.3, -0.25) is 0 Å². The third-order valence-electron chi connectivity index (χ3n) is 3.36. The van der Waals surface area contributed by atoms with Gasteiger partial charge in [0.25, 0.3) is 0 Å². The lowest BCUT2D eigenvalue weighted by molar-refractivity contribution is -0.115. The van der Waals surface area contributed by atoms with Crippen molar-refractivity contribution < 1.29 is 9.47 Å². The molecular weight excluding hydrogens is 176 g/mol. The van der Waals surface area contributed by atoms with Crippen LogP contribution in [0.4, 0.5) is 0 Å². The fraction of sp³-hybridized carbons (Fsp3) is 1.00. The monoisotopic (exact) mass is 200 g/mol. The first-order chi connectivity index (χ1) is 6.65. The summed E-state index contributed by atoms with van der Waals surface area (Å²) in [6.07, 6.45) is 4.29. The van der Waals surface area contributed by atoms with Crippen molar-refractivity contribution in [2.24, 2.45) is 17.8 Å². The van der Waals surface area contributed by atoms with Gasteiger partial charge in [-0.05, 0) is 30.6 Å². The maximum atomic E-state index is 5.75. The summed E-state index contributed by atoms with van der Waals surface area (Å²) in [6, 6.07) is 0. The Morgan fingerprint density at radius 2 is 2.00 bits per heavy atom. The Kier molecular flexibility index (Phi) is 4.90. The number of methoxy groups -OCH3 is 1. The average Bonchev–Trinajstić information content (AvgIpc) is 2.14. The summed E-state index contributed by atoms with van der Waals surface area (Å²) in [6.45, 7) is 7.36. The summed E-state index contributed by atoms with van der Waals surface area (Å²) in [5, 5.41) is 0. The molecule has 84 valence electrons. The molecule has 0 aromatic heterocycles. The second-order valence-electron chi connectivity index (χ2n) is 4.94. The lowest BCUT2D eigenvalue weighted by atomic mass is 9.75. The molecule has 1 aliphatic rings. The number of rotatable bonds is 4. The van der Waals surface area contributed by atoms with Crippen LogP contribution in [0.1, 0.15) is 40.0 Å². The molecule has 0 amide bonds. The third-order valence-corrected chi connectivity index (χ3v) is 3.36. The summed E-state index contributed by atoms with van der Waals surface area (Å²) >= 11 is 0. The molecule has 0 radical (unpaired) electrons. The third kappa shape index (κ3) is 3.25. The van der Waals surface area contributed by atoms with Crippen molar-refractivity contribution in [2.75, 3.05) is 13.9 Å². The summed E-state index contributed by atoms with van der Waals surface area (Å²) in [5.41, 5.74) is 0. The van der Waals surface area contributed by atoms with Crippen LogP contribution in [0.15, 0.2) is 0 Å². The quantitative estimate of drug-likeness (QED) is 0.649. The molecule has 14 heavy (non-hydrogen) atoms. The van der Waals surface area contributed by atoms with E-state index in [0.717, 1.165) is 17.8 Å². The molecule has 3 atom stereocenters. The predicted octanol–water partition coefficient (Wildman–Crippen LogP) is 3.07. The van der Waals surface area contributed by atoms with Gasteiger partial charge in [-0.2, -0.15) is 0 Å². The van der Waals surface area contributed by atoms with E-state index in [9.17, 15) is 0 Å². The highest BCUT2D eigenvalue weighted by atomic mass is 16.7. The SMILES string of the molecule is COCOC1CC(C)CCC1C(C)C. The Hall–Kier alpha value is -0.0800. The van der Waals surface area contributed by atoms with Gasteiger partial charge in [0.2, 0.25) is 0 Å². The van der Waals surface area contributed by atoms with E-state index in [1.54, 1.807) is 7.11 Å². The van der Waals surface area contributed by atoms with E-state index in [2.05, 4.69) is 20.8 Å². The van der Waals surface area contributed by atoms with Crippen molar-refractivity contribution in [3.05, 3.63) is 0 Å². The molecule has 2 heteroatoms. The van der Waals surface area contributed by atoms with E-state index in [-0.39, 0.29) is 0 Å². The molecule has 0 spiro atoms. The van der Waals surface area contributed by atoms with Gasteiger partial charge in [0.15, 0.2) is 0 Å². The summed E-state index contributed by atoms with van der Waals surface area (Å²) in [4.78, 5) is 0. The van der Waals surface area contributed by atoms with E-state index >= 15 is 0 Å². The Balaban J connectivity index is 2.45. The Morgan fingerprint density at radius 3 is 2.57 bits per heavy atom. The Bertz CT molecular complexity index is 156. The molecule has 0 aliphatic heterocycles. The second kappa shape index (κ2) is 5.72. The molecule has 0 saturated heterocycles. The largest absolute Gasteiger partial charge is 0.359 e. The maximum Gasteiger partial charge on any atom is 0.146 e. The highest BCUT2D eigenvalue weighted by molar-refractivity contribution is 4.80. The molecule has 1 saturated carbocycles. The van der Waals surface area contributed by atoms with Crippen LogP contribution in [-0.4, -0.2) is 20.0 Å². The Morgan fingerprint density at radius 1 is 1.29 bits per heavy atom. The van der Waals surface area contributed by atoms with Gasteiger partial charge in [-0.15, -0.1) is 0 Å². The highest BCUT2D eigenvalue weighted by Crippen LogP contribution is 2.35. The molecule has 1 rings (SSSR count). The van der Waals surface area contributed by atoms with E-state index in [0.29, 0.717) is 12.9 Å². The number of hydrogen-bond donors (Lipinski definition) is 0. The van der Waals surface area contributed by atoms with Crippen LogP contribution in [0.3, 0.4) is 0 Å². The van der Waals surface area contributed by atoms with Crippen LogP contribution in [0.5, 0.6) is 0 Å². The number of ether oxygens (including phenoxy) is 2. The predicted molar refractivity (Wildman–Crippen MR) is 58.1 cm³/mol. The minimum atomic E-state index is 0.415. The highest BCUT2D eigenvalue weighted by Gasteiger charge is 2.31. The number of hydrogen-bond acceptors (Lipinski definition) is 2. The van der Waals surface area contributed by atoms with Crippen molar-refractivity contribution in [1.82, 2.24) is 0 Å². The molecule has 3 unspecified atom stereocenters. The van der Waals surface area contributed by atoms with Gasteiger partial charge in [-0.25, -0.2) is 0 Å². The zero-order chi connectivity index (χ0) is 10.6. The van der Waals surface area contributed by atoms with E-state index in [4.69, 9.17) is 9.47 Å². The normalized spacial score (nSPS) is 33.6. The zero-order valence-electron chi connectivity index (χ0n) is 9.95. The lowest BCUT2D eigenvalue weighted by Crippen LogP contribution is -2.34.